The molecule has 0 unspecified atom stereocenters. The molecule has 1 heterocycles. The van der Waals surface area contributed by atoms with Crippen LogP contribution in [0, 0.1) is 17.0 Å². The molecule has 0 amide bonds. The van der Waals surface area contributed by atoms with Crippen molar-refractivity contribution >= 4 is 23.6 Å². The van der Waals surface area contributed by atoms with E-state index in [1.807, 2.05) is 31.2 Å². The molecule has 6 nitrogen and oxygen atoms in total. The zero-order valence-corrected chi connectivity index (χ0v) is 12.2. The lowest BCUT2D eigenvalue weighted by atomic mass is 10.1. The zero-order chi connectivity index (χ0) is 16.4. The van der Waals surface area contributed by atoms with Crippen LogP contribution in [0.4, 0.5) is 5.69 Å². The first-order valence-corrected chi connectivity index (χ1v) is 6.87. The molecule has 6 heteroatoms. The Morgan fingerprint density at radius 3 is 2.57 bits per heavy atom. The summed E-state index contributed by atoms with van der Waals surface area (Å²) in [6.07, 6.45) is 1.54. The van der Waals surface area contributed by atoms with Gasteiger partial charge in [0.25, 0.3) is 5.69 Å². The fraction of sp³-hybridized carbons (Fsp3) is 0.0588. The Balaban J connectivity index is 1.90. The lowest BCUT2D eigenvalue weighted by molar-refractivity contribution is -0.384. The van der Waals surface area contributed by atoms with Crippen molar-refractivity contribution < 1.29 is 14.5 Å². The van der Waals surface area contributed by atoms with Gasteiger partial charge in [0.1, 0.15) is 0 Å². The number of nitro groups is 1. The second kappa shape index (κ2) is 5.84. The molecular formula is C17H12N2O4. The molecule has 0 radical (unpaired) electrons. The largest absolute Gasteiger partial charge is 0.402 e. The standard InChI is InChI=1S/C17H12N2O4/c1-11-3-2-4-13(9-11)16-18-15(17(20)23-16)10-12-5-7-14(8-6-12)19(21)22/h2-10H,1H3/b15-10+. The van der Waals surface area contributed by atoms with Crippen LogP contribution in [0.3, 0.4) is 0 Å². The molecule has 114 valence electrons. The molecule has 2 aromatic carbocycles. The fourth-order valence-electron chi connectivity index (χ4n) is 2.16. The summed E-state index contributed by atoms with van der Waals surface area (Å²) in [5.74, 6) is -0.285. The van der Waals surface area contributed by atoms with Gasteiger partial charge in [-0.1, -0.05) is 17.7 Å². The van der Waals surface area contributed by atoms with Crippen molar-refractivity contribution in [2.75, 3.05) is 0 Å². The Morgan fingerprint density at radius 2 is 1.91 bits per heavy atom. The number of ether oxygens (including phenoxy) is 1. The molecule has 2 aromatic rings. The van der Waals surface area contributed by atoms with Gasteiger partial charge in [-0.3, -0.25) is 10.1 Å². The van der Waals surface area contributed by atoms with Crippen molar-refractivity contribution in [1.29, 1.82) is 0 Å². The molecule has 1 aliphatic rings. The summed E-state index contributed by atoms with van der Waals surface area (Å²) in [6, 6.07) is 13.3. The Hall–Kier alpha value is -3.28. The number of cyclic esters (lactones) is 1. The van der Waals surface area contributed by atoms with Crippen molar-refractivity contribution in [3.63, 3.8) is 0 Å². The number of hydrogen-bond acceptors (Lipinski definition) is 5. The summed E-state index contributed by atoms with van der Waals surface area (Å²) in [5, 5.41) is 10.6. The molecule has 1 aliphatic heterocycles. The van der Waals surface area contributed by atoms with E-state index in [1.54, 1.807) is 12.1 Å². The van der Waals surface area contributed by atoms with Gasteiger partial charge in [-0.25, -0.2) is 9.79 Å². The predicted molar refractivity (Wildman–Crippen MR) is 84.9 cm³/mol. The third-order valence-electron chi connectivity index (χ3n) is 3.29. The molecule has 0 bridgehead atoms. The van der Waals surface area contributed by atoms with Crippen LogP contribution < -0.4 is 0 Å². The van der Waals surface area contributed by atoms with Crippen molar-refractivity contribution in [3.05, 3.63) is 81.0 Å². The van der Waals surface area contributed by atoms with E-state index < -0.39 is 10.9 Å². The van der Waals surface area contributed by atoms with Gasteiger partial charge in [-0.05, 0) is 42.8 Å². The van der Waals surface area contributed by atoms with Gasteiger partial charge in [-0.15, -0.1) is 0 Å². The predicted octanol–water partition coefficient (Wildman–Crippen LogP) is 3.25. The number of hydrogen-bond donors (Lipinski definition) is 0. The second-order valence-corrected chi connectivity index (χ2v) is 5.05. The van der Waals surface area contributed by atoms with Crippen LogP contribution in [0.5, 0.6) is 0 Å². The highest BCUT2D eigenvalue weighted by Gasteiger charge is 2.24. The summed E-state index contributed by atoms with van der Waals surface area (Å²) < 4.78 is 5.18. The number of esters is 1. The number of nitrogens with zero attached hydrogens (tertiary/aromatic N) is 2. The molecule has 0 fully saturated rings. The maximum Gasteiger partial charge on any atom is 0.363 e. The normalized spacial score (nSPS) is 15.4. The molecule has 0 saturated heterocycles. The van der Waals surface area contributed by atoms with E-state index in [2.05, 4.69) is 4.99 Å². The quantitative estimate of drug-likeness (QED) is 0.377. The average Bonchev–Trinajstić information content (AvgIpc) is 2.89. The van der Waals surface area contributed by atoms with Crippen LogP contribution in [-0.4, -0.2) is 16.8 Å². The van der Waals surface area contributed by atoms with Crippen LogP contribution in [0.15, 0.2) is 59.2 Å². The van der Waals surface area contributed by atoms with E-state index in [0.29, 0.717) is 5.56 Å². The van der Waals surface area contributed by atoms with Crippen molar-refractivity contribution in [3.8, 4) is 0 Å². The lowest BCUT2D eigenvalue weighted by Crippen LogP contribution is -2.05. The molecule has 0 aromatic heterocycles. The Kier molecular flexibility index (Phi) is 3.72. The summed E-state index contributed by atoms with van der Waals surface area (Å²) in [4.78, 5) is 26.3. The number of aryl methyl sites for hydroxylation is 1. The van der Waals surface area contributed by atoms with E-state index >= 15 is 0 Å². The molecule has 0 aliphatic carbocycles. The number of rotatable bonds is 3. The third kappa shape index (κ3) is 3.16. The van der Waals surface area contributed by atoms with Gasteiger partial charge < -0.3 is 4.74 Å². The molecule has 0 atom stereocenters. The minimum atomic E-state index is -0.542. The Morgan fingerprint density at radius 1 is 1.17 bits per heavy atom. The van der Waals surface area contributed by atoms with Crippen LogP contribution in [-0.2, 0) is 9.53 Å². The minimum absolute atomic E-state index is 0.00917. The second-order valence-electron chi connectivity index (χ2n) is 5.05. The smallest absolute Gasteiger partial charge is 0.363 e. The van der Waals surface area contributed by atoms with E-state index in [4.69, 9.17) is 4.74 Å². The SMILES string of the molecule is Cc1cccc(C2=N/C(=C/c3ccc([N+](=O)[O-])cc3)C(=O)O2)c1. The number of non-ortho nitro benzene ring substituents is 1. The van der Waals surface area contributed by atoms with E-state index in [1.165, 1.54) is 18.2 Å². The van der Waals surface area contributed by atoms with E-state index in [9.17, 15) is 14.9 Å². The molecule has 0 saturated carbocycles. The highest BCUT2D eigenvalue weighted by atomic mass is 16.6. The minimum Gasteiger partial charge on any atom is -0.402 e. The highest BCUT2D eigenvalue weighted by Crippen LogP contribution is 2.20. The monoisotopic (exact) mass is 308 g/mol. The number of aliphatic imine (C=N–C) groups is 1. The molecule has 0 N–H and O–H groups in total. The maximum absolute atomic E-state index is 11.9. The first kappa shape index (κ1) is 14.6. The van der Waals surface area contributed by atoms with Gasteiger partial charge >= 0.3 is 5.97 Å². The zero-order valence-electron chi connectivity index (χ0n) is 12.2. The first-order valence-electron chi connectivity index (χ1n) is 6.87. The summed E-state index contributed by atoms with van der Waals surface area (Å²) >= 11 is 0. The first-order chi connectivity index (χ1) is 11.0. The Labute approximate surface area is 131 Å². The van der Waals surface area contributed by atoms with Gasteiger partial charge in [0.05, 0.1) is 4.92 Å². The van der Waals surface area contributed by atoms with Crippen molar-refractivity contribution in [2.24, 2.45) is 4.99 Å². The summed E-state index contributed by atoms with van der Waals surface area (Å²) in [6.45, 7) is 1.94. The number of nitro benzene ring substituents is 1. The summed E-state index contributed by atoms with van der Waals surface area (Å²) in [5.41, 5.74) is 2.55. The third-order valence-corrected chi connectivity index (χ3v) is 3.29. The summed E-state index contributed by atoms with van der Waals surface area (Å²) in [7, 11) is 0. The van der Waals surface area contributed by atoms with Crippen molar-refractivity contribution in [2.45, 2.75) is 6.92 Å². The molecule has 23 heavy (non-hydrogen) atoms. The Bertz CT molecular complexity index is 851. The van der Waals surface area contributed by atoms with Crippen LogP contribution in [0.25, 0.3) is 6.08 Å². The van der Waals surface area contributed by atoms with Gasteiger partial charge in [0.2, 0.25) is 5.90 Å². The molecular weight excluding hydrogens is 296 g/mol. The number of carbonyl (C=O) groups excluding carboxylic acids is 1. The average molecular weight is 308 g/mol. The maximum atomic E-state index is 11.9. The van der Waals surface area contributed by atoms with E-state index in [0.717, 1.165) is 11.1 Å². The number of carbonyl (C=O) groups is 1. The number of benzene rings is 2. The van der Waals surface area contributed by atoms with Gasteiger partial charge in [-0.2, -0.15) is 0 Å². The van der Waals surface area contributed by atoms with Gasteiger partial charge in [0, 0.05) is 17.7 Å². The van der Waals surface area contributed by atoms with E-state index in [-0.39, 0.29) is 17.3 Å². The van der Waals surface area contributed by atoms with Gasteiger partial charge in [0.15, 0.2) is 5.70 Å². The lowest BCUT2D eigenvalue weighted by Gasteiger charge is -1.99. The van der Waals surface area contributed by atoms with Crippen LogP contribution in [0.1, 0.15) is 16.7 Å². The highest BCUT2D eigenvalue weighted by molar-refractivity contribution is 6.12. The van der Waals surface area contributed by atoms with Crippen LogP contribution in [0.2, 0.25) is 0 Å². The fourth-order valence-corrected chi connectivity index (χ4v) is 2.16. The van der Waals surface area contributed by atoms with Crippen LogP contribution >= 0.6 is 0 Å². The topological polar surface area (TPSA) is 81.8 Å². The molecule has 3 rings (SSSR count). The molecule has 0 spiro atoms. The van der Waals surface area contributed by atoms with Crippen molar-refractivity contribution in [1.82, 2.24) is 0 Å².